The van der Waals surface area contributed by atoms with Gasteiger partial charge in [-0.05, 0) is 0 Å². The summed E-state index contributed by atoms with van der Waals surface area (Å²) in [6, 6.07) is 55.7. The van der Waals surface area contributed by atoms with E-state index in [1.165, 1.54) is 28.9 Å². The van der Waals surface area contributed by atoms with E-state index in [1.807, 2.05) is 0 Å². The zero-order chi connectivity index (χ0) is 24.7. The van der Waals surface area contributed by atoms with Gasteiger partial charge in [0.25, 0.3) is 0 Å². The van der Waals surface area contributed by atoms with E-state index in [9.17, 15) is 0 Å². The van der Waals surface area contributed by atoms with Crippen LogP contribution in [0.15, 0.2) is 146 Å². The topological polar surface area (TPSA) is 3.24 Å². The van der Waals surface area contributed by atoms with Gasteiger partial charge in [0, 0.05) is 0 Å². The Labute approximate surface area is 221 Å². The molecule has 0 aliphatic carbocycles. The van der Waals surface area contributed by atoms with Gasteiger partial charge in [0.15, 0.2) is 0 Å². The molecular weight excluding hydrogens is 484 g/mol. The van der Waals surface area contributed by atoms with Gasteiger partial charge in [-0.25, -0.2) is 0 Å². The Kier molecular flexibility index (Phi) is 5.73. The summed E-state index contributed by atoms with van der Waals surface area (Å²) < 4.78 is 0. The van der Waals surface area contributed by atoms with Crippen LogP contribution in [-0.4, -0.2) is 18.2 Å². The van der Waals surface area contributed by atoms with Crippen LogP contribution < -0.4 is 31.4 Å². The number of anilines is 1. The summed E-state index contributed by atoms with van der Waals surface area (Å²) >= 11 is 0. The summed E-state index contributed by atoms with van der Waals surface area (Å²) in [5.41, 5.74) is 1.93. The molecule has 0 unspecified atom stereocenters. The van der Waals surface area contributed by atoms with Gasteiger partial charge < -0.3 is 0 Å². The van der Waals surface area contributed by atoms with Crippen molar-refractivity contribution in [3.05, 3.63) is 146 Å². The molecule has 1 saturated heterocycles. The van der Waals surface area contributed by atoms with E-state index in [0.29, 0.717) is 5.52 Å². The van der Waals surface area contributed by atoms with Crippen molar-refractivity contribution in [3.63, 3.8) is 0 Å². The molecule has 2 heterocycles. The minimum atomic E-state index is -2.48. The number of rotatable bonds is 4. The van der Waals surface area contributed by atoms with Crippen LogP contribution in [0.2, 0.25) is 0 Å². The molecule has 5 aromatic carbocycles. The molecule has 5 aromatic rings. The van der Waals surface area contributed by atoms with E-state index in [4.69, 9.17) is 0 Å². The van der Waals surface area contributed by atoms with Crippen LogP contribution in [0.25, 0.3) is 0 Å². The Morgan fingerprint density at radius 1 is 0.486 bits per heavy atom. The molecule has 0 aromatic heterocycles. The van der Waals surface area contributed by atoms with E-state index < -0.39 is 14.5 Å². The van der Waals surface area contributed by atoms with E-state index in [1.54, 1.807) is 15.9 Å². The quantitative estimate of drug-likeness (QED) is 0.280. The molecule has 0 amide bonds. The molecule has 1 nitrogen and oxygen atoms in total. The third-order valence-corrected chi connectivity index (χ3v) is 21.6. The standard InChI is InChI=1S/C34H33NP2/c1-5-16-28(17-6-1)36(29-18-7-2-8-19-29)27-15-26-35-32-24-13-14-25-33(32)37(34(35)36,30-20-9-3-10-21-30)31-22-11-4-12-23-31/h1-14,16-25,34,36-37H,15,26-27H2/t34-/m0/s1. The zero-order valence-corrected chi connectivity index (χ0v) is 23.0. The minimum absolute atomic E-state index is 0.459. The Balaban J connectivity index is 1.65. The van der Waals surface area contributed by atoms with Crippen molar-refractivity contribution < 1.29 is 0 Å². The second-order valence-corrected chi connectivity index (χ2v) is 19.0. The maximum atomic E-state index is 2.87. The Hall–Kier alpha value is -3.24. The summed E-state index contributed by atoms with van der Waals surface area (Å²) in [4.78, 5) is 2.87. The maximum absolute atomic E-state index is 2.87. The summed E-state index contributed by atoms with van der Waals surface area (Å²) in [6.07, 6.45) is 2.51. The molecule has 1 fully saturated rings. The summed E-state index contributed by atoms with van der Waals surface area (Å²) in [5, 5.41) is 7.81. The number of para-hydroxylation sites is 1. The molecular formula is C34H33NP2. The van der Waals surface area contributed by atoms with Gasteiger partial charge in [0.1, 0.15) is 0 Å². The average Bonchev–Trinajstić information content (AvgIpc) is 3.31. The molecule has 0 radical (unpaired) electrons. The molecule has 1 atom stereocenters. The van der Waals surface area contributed by atoms with Crippen LogP contribution in [0.5, 0.6) is 0 Å². The molecule has 0 N–H and O–H groups in total. The van der Waals surface area contributed by atoms with E-state index in [-0.39, 0.29) is 0 Å². The molecule has 37 heavy (non-hydrogen) atoms. The first-order valence-corrected chi connectivity index (χ1v) is 17.8. The monoisotopic (exact) mass is 517 g/mol. The van der Waals surface area contributed by atoms with Crippen LogP contribution in [-0.2, 0) is 0 Å². The van der Waals surface area contributed by atoms with Crippen LogP contribution in [0.3, 0.4) is 0 Å². The summed E-state index contributed by atoms with van der Waals surface area (Å²) in [5.74, 6) is 0. The fourth-order valence-electron chi connectivity index (χ4n) is 7.57. The average molecular weight is 518 g/mol. The van der Waals surface area contributed by atoms with Gasteiger partial charge in [0.2, 0.25) is 0 Å². The van der Waals surface area contributed by atoms with Crippen molar-refractivity contribution in [1.82, 2.24) is 0 Å². The van der Waals surface area contributed by atoms with Gasteiger partial charge in [-0.2, -0.15) is 0 Å². The second kappa shape index (κ2) is 9.25. The van der Waals surface area contributed by atoms with Crippen LogP contribution in [0.4, 0.5) is 5.69 Å². The SMILES string of the molecule is c1ccc([PH]2(c3ccccc3)CCCN3c4ccccc4[PH](c4ccccc4)(c4ccccc4)[C@@H]32)cc1. The number of hydrogen-bond acceptors (Lipinski definition) is 1. The number of benzene rings is 5. The Morgan fingerprint density at radius 2 is 0.919 bits per heavy atom. The summed E-state index contributed by atoms with van der Waals surface area (Å²) in [6.45, 7) is 1.13. The number of nitrogens with zero attached hydrogens (tertiary/aromatic N) is 1. The third kappa shape index (κ3) is 3.31. The molecule has 0 saturated carbocycles. The van der Waals surface area contributed by atoms with Gasteiger partial charge in [-0.3, -0.25) is 0 Å². The predicted octanol–water partition coefficient (Wildman–Crippen LogP) is 5.62. The first-order chi connectivity index (χ1) is 18.4. The molecule has 184 valence electrons. The molecule has 2 aliphatic heterocycles. The normalized spacial score (nSPS) is 20.9. The van der Waals surface area contributed by atoms with Gasteiger partial charge >= 0.3 is 222 Å². The third-order valence-electron chi connectivity index (χ3n) is 8.83. The Morgan fingerprint density at radius 3 is 1.43 bits per heavy atom. The molecule has 2 aliphatic rings. The van der Waals surface area contributed by atoms with Crippen molar-refractivity contribution in [2.75, 3.05) is 17.6 Å². The van der Waals surface area contributed by atoms with Gasteiger partial charge in [-0.1, -0.05) is 0 Å². The van der Waals surface area contributed by atoms with Crippen LogP contribution >= 0.6 is 14.5 Å². The van der Waals surface area contributed by atoms with Gasteiger partial charge in [-0.15, -0.1) is 0 Å². The number of hydrogen-bond donors (Lipinski definition) is 0. The molecule has 0 bridgehead atoms. The summed E-state index contributed by atoms with van der Waals surface area (Å²) in [7, 11) is -4.76. The van der Waals surface area contributed by atoms with E-state index in [2.05, 4.69) is 150 Å². The van der Waals surface area contributed by atoms with E-state index in [0.717, 1.165) is 6.54 Å². The van der Waals surface area contributed by atoms with Crippen LogP contribution in [0, 0.1) is 0 Å². The first kappa shape index (κ1) is 22.9. The molecule has 7 rings (SSSR count). The van der Waals surface area contributed by atoms with Crippen molar-refractivity contribution in [2.45, 2.75) is 11.9 Å². The van der Waals surface area contributed by atoms with Crippen molar-refractivity contribution in [1.29, 1.82) is 0 Å². The Bertz CT molecular complexity index is 1420. The van der Waals surface area contributed by atoms with Crippen LogP contribution in [0.1, 0.15) is 6.42 Å². The second-order valence-electron chi connectivity index (χ2n) is 10.5. The van der Waals surface area contributed by atoms with Crippen molar-refractivity contribution in [3.8, 4) is 0 Å². The van der Waals surface area contributed by atoms with Gasteiger partial charge in [0.05, 0.1) is 0 Å². The zero-order valence-electron chi connectivity index (χ0n) is 21.0. The fraction of sp³-hybridized carbons (Fsp3) is 0.118. The van der Waals surface area contributed by atoms with Crippen molar-refractivity contribution >= 4 is 46.7 Å². The first-order valence-electron chi connectivity index (χ1n) is 13.4. The van der Waals surface area contributed by atoms with E-state index >= 15 is 0 Å². The molecule has 3 heteroatoms. The fourth-order valence-corrected chi connectivity index (χ4v) is 23.4. The predicted molar refractivity (Wildman–Crippen MR) is 168 cm³/mol. The number of fused-ring (bicyclic) bond motifs is 3. The van der Waals surface area contributed by atoms with Crippen molar-refractivity contribution in [2.24, 2.45) is 0 Å². The molecule has 0 spiro atoms.